The summed E-state index contributed by atoms with van der Waals surface area (Å²) in [6.45, 7) is 8.17. The second kappa shape index (κ2) is 9.55. The Balaban J connectivity index is 2.08. The first-order chi connectivity index (χ1) is 13.2. The Hall–Kier alpha value is -2.60. The summed E-state index contributed by atoms with van der Waals surface area (Å²) in [6.07, 6.45) is 2.92. The molecular formula is C21H25ClN2O4. The monoisotopic (exact) mass is 404 g/mol. The van der Waals surface area contributed by atoms with E-state index in [4.69, 9.17) is 21.1 Å². The average Bonchev–Trinajstić information content (AvgIpc) is 2.90. The summed E-state index contributed by atoms with van der Waals surface area (Å²) in [5, 5.41) is 4.90. The van der Waals surface area contributed by atoms with Crippen molar-refractivity contribution in [3.05, 3.63) is 51.8 Å². The number of halogens is 1. The molecule has 0 atom stereocenters. The molecule has 150 valence electrons. The molecule has 0 fully saturated rings. The third kappa shape index (κ3) is 5.45. The summed E-state index contributed by atoms with van der Waals surface area (Å²) in [5.74, 6) is 0.357. The molecule has 2 aromatic rings. The second-order valence-corrected chi connectivity index (χ2v) is 7.25. The van der Waals surface area contributed by atoms with Crippen LogP contribution in [0.4, 0.5) is 0 Å². The molecule has 1 aromatic carbocycles. The van der Waals surface area contributed by atoms with Gasteiger partial charge in [0.1, 0.15) is 17.5 Å². The van der Waals surface area contributed by atoms with Crippen LogP contribution in [0.1, 0.15) is 48.0 Å². The molecule has 0 saturated heterocycles. The van der Waals surface area contributed by atoms with Crippen LogP contribution in [0.5, 0.6) is 5.75 Å². The van der Waals surface area contributed by atoms with Gasteiger partial charge in [0.2, 0.25) is 0 Å². The molecule has 0 radical (unpaired) electrons. The predicted molar refractivity (Wildman–Crippen MR) is 109 cm³/mol. The number of methoxy groups -OCH3 is 1. The van der Waals surface area contributed by atoms with E-state index in [1.807, 2.05) is 6.92 Å². The number of ketones is 1. The number of carbonyl (C=O) groups is 2. The van der Waals surface area contributed by atoms with Gasteiger partial charge in [-0.15, -0.1) is 0 Å². The molecule has 0 aliphatic carbocycles. The van der Waals surface area contributed by atoms with Crippen LogP contribution in [-0.2, 0) is 22.7 Å². The molecule has 0 bridgehead atoms. The molecule has 7 heteroatoms. The minimum Gasteiger partial charge on any atom is -0.496 e. The van der Waals surface area contributed by atoms with Crippen LogP contribution in [0.3, 0.4) is 0 Å². The molecule has 28 heavy (non-hydrogen) atoms. The molecule has 0 aliphatic rings. The van der Waals surface area contributed by atoms with Gasteiger partial charge in [0.25, 0.3) is 0 Å². The van der Waals surface area contributed by atoms with Crippen molar-refractivity contribution in [2.24, 2.45) is 5.92 Å². The van der Waals surface area contributed by atoms with Crippen molar-refractivity contribution < 1.29 is 19.1 Å². The summed E-state index contributed by atoms with van der Waals surface area (Å²) < 4.78 is 12.3. The minimum atomic E-state index is -0.526. The summed E-state index contributed by atoms with van der Waals surface area (Å²) >= 11 is 6.37. The number of hydrogen-bond donors (Lipinski definition) is 0. The van der Waals surface area contributed by atoms with E-state index in [9.17, 15) is 9.59 Å². The van der Waals surface area contributed by atoms with Gasteiger partial charge in [-0.05, 0) is 44.0 Å². The smallest absolute Gasteiger partial charge is 0.331 e. The summed E-state index contributed by atoms with van der Waals surface area (Å²) in [4.78, 5) is 23.7. The van der Waals surface area contributed by atoms with Gasteiger partial charge in [0, 0.05) is 29.3 Å². The van der Waals surface area contributed by atoms with E-state index in [1.165, 1.54) is 20.1 Å². The van der Waals surface area contributed by atoms with Gasteiger partial charge >= 0.3 is 5.97 Å². The number of nitrogens with zero attached hydrogens (tertiary/aromatic N) is 2. The van der Waals surface area contributed by atoms with Gasteiger partial charge in [-0.2, -0.15) is 5.10 Å². The van der Waals surface area contributed by atoms with Crippen LogP contribution in [0.2, 0.25) is 5.15 Å². The van der Waals surface area contributed by atoms with E-state index in [0.29, 0.717) is 40.1 Å². The maximum absolute atomic E-state index is 12.1. The molecule has 0 saturated carbocycles. The third-order valence-electron chi connectivity index (χ3n) is 4.09. The van der Waals surface area contributed by atoms with Gasteiger partial charge in [-0.25, -0.2) is 4.79 Å². The van der Waals surface area contributed by atoms with Gasteiger partial charge in [0.05, 0.1) is 12.8 Å². The lowest BCUT2D eigenvalue weighted by molar-refractivity contribution is -0.138. The standard InChI is InChI=1S/C21H25ClN2O4/c1-13(2)11-24-21(22)18(14(3)23-24)7-9-20(26)28-12-17-10-16(15(4)25)6-8-19(17)27-5/h6-10,13H,11-12H2,1-5H3/b9-7+. The first-order valence-corrected chi connectivity index (χ1v) is 9.36. The molecule has 1 heterocycles. The molecule has 2 rings (SSSR count). The molecule has 6 nitrogen and oxygen atoms in total. The highest BCUT2D eigenvalue weighted by Gasteiger charge is 2.13. The van der Waals surface area contributed by atoms with Gasteiger partial charge in [0.15, 0.2) is 5.78 Å². The SMILES string of the molecule is COc1ccc(C(C)=O)cc1COC(=O)/C=C/c1c(C)nn(CC(C)C)c1Cl. The third-order valence-corrected chi connectivity index (χ3v) is 4.49. The van der Waals surface area contributed by atoms with Crippen molar-refractivity contribution in [1.82, 2.24) is 9.78 Å². The number of ether oxygens (including phenoxy) is 2. The highest BCUT2D eigenvalue weighted by Crippen LogP contribution is 2.23. The van der Waals surface area contributed by atoms with Crippen LogP contribution in [0, 0.1) is 12.8 Å². The number of rotatable bonds is 8. The minimum absolute atomic E-state index is 0.00715. The topological polar surface area (TPSA) is 70.4 Å². The van der Waals surface area contributed by atoms with Crippen LogP contribution >= 0.6 is 11.6 Å². The number of carbonyl (C=O) groups excluding carboxylic acids is 2. The number of esters is 1. The molecule has 0 unspecified atom stereocenters. The van der Waals surface area contributed by atoms with Gasteiger partial charge in [-0.1, -0.05) is 25.4 Å². The highest BCUT2D eigenvalue weighted by atomic mass is 35.5. The average molecular weight is 405 g/mol. The lowest BCUT2D eigenvalue weighted by Crippen LogP contribution is -2.06. The van der Waals surface area contributed by atoms with Crippen molar-refractivity contribution >= 4 is 29.4 Å². The fourth-order valence-electron chi connectivity index (χ4n) is 2.68. The summed E-state index contributed by atoms with van der Waals surface area (Å²) in [7, 11) is 1.52. The fourth-order valence-corrected chi connectivity index (χ4v) is 2.99. The Labute approximate surface area is 170 Å². The number of aromatic nitrogens is 2. The first kappa shape index (κ1) is 21.7. The van der Waals surface area contributed by atoms with Crippen LogP contribution in [0.25, 0.3) is 6.08 Å². The zero-order chi connectivity index (χ0) is 20.8. The Morgan fingerprint density at radius 3 is 2.64 bits per heavy atom. The molecule has 0 N–H and O–H groups in total. The normalized spacial score (nSPS) is 11.2. The summed E-state index contributed by atoms with van der Waals surface area (Å²) in [5.41, 5.74) is 2.58. The number of benzene rings is 1. The largest absolute Gasteiger partial charge is 0.496 e. The Bertz CT molecular complexity index is 900. The molecule has 0 spiro atoms. The van der Waals surface area contributed by atoms with Crippen LogP contribution < -0.4 is 4.74 Å². The molecule has 1 aromatic heterocycles. The molecule has 0 aliphatic heterocycles. The zero-order valence-electron chi connectivity index (χ0n) is 16.8. The van der Waals surface area contributed by atoms with Crippen molar-refractivity contribution in [3.8, 4) is 5.75 Å². The van der Waals surface area contributed by atoms with Crippen LogP contribution in [0.15, 0.2) is 24.3 Å². The van der Waals surface area contributed by atoms with Crippen molar-refractivity contribution in [1.29, 1.82) is 0 Å². The Kier molecular flexibility index (Phi) is 7.40. The van der Waals surface area contributed by atoms with Gasteiger partial charge < -0.3 is 9.47 Å². The lowest BCUT2D eigenvalue weighted by Gasteiger charge is -2.09. The Morgan fingerprint density at radius 2 is 2.04 bits per heavy atom. The van der Waals surface area contributed by atoms with E-state index in [0.717, 1.165) is 5.69 Å². The number of aryl methyl sites for hydroxylation is 1. The van der Waals surface area contributed by atoms with Crippen LogP contribution in [-0.4, -0.2) is 28.6 Å². The van der Waals surface area contributed by atoms with E-state index in [1.54, 1.807) is 29.0 Å². The quantitative estimate of drug-likeness (QED) is 0.369. The maximum Gasteiger partial charge on any atom is 0.331 e. The van der Waals surface area contributed by atoms with E-state index in [2.05, 4.69) is 18.9 Å². The van der Waals surface area contributed by atoms with Crippen molar-refractivity contribution in [3.63, 3.8) is 0 Å². The molecular weight excluding hydrogens is 380 g/mol. The van der Waals surface area contributed by atoms with Crippen molar-refractivity contribution in [2.75, 3.05) is 7.11 Å². The summed E-state index contributed by atoms with van der Waals surface area (Å²) in [6, 6.07) is 5.02. The first-order valence-electron chi connectivity index (χ1n) is 8.98. The zero-order valence-corrected chi connectivity index (χ0v) is 17.5. The predicted octanol–water partition coefficient (Wildman–Crippen LogP) is 4.47. The second-order valence-electron chi connectivity index (χ2n) is 6.89. The number of Topliss-reactive ketones (excluding diaryl/α,β-unsaturated/α-hetero) is 1. The Morgan fingerprint density at radius 1 is 1.32 bits per heavy atom. The van der Waals surface area contributed by atoms with Crippen molar-refractivity contribution in [2.45, 2.75) is 40.8 Å². The van der Waals surface area contributed by atoms with E-state index < -0.39 is 5.97 Å². The lowest BCUT2D eigenvalue weighted by atomic mass is 10.1. The molecule has 0 amide bonds. The van der Waals surface area contributed by atoms with E-state index in [-0.39, 0.29) is 12.4 Å². The van der Waals surface area contributed by atoms with E-state index >= 15 is 0 Å². The maximum atomic E-state index is 12.1. The fraction of sp³-hybridized carbons (Fsp3) is 0.381. The number of hydrogen-bond acceptors (Lipinski definition) is 5. The van der Waals surface area contributed by atoms with Gasteiger partial charge in [-0.3, -0.25) is 9.48 Å². The highest BCUT2D eigenvalue weighted by molar-refractivity contribution is 6.31.